The molecular weight excluding hydrogens is 148 g/mol. The largest absolute Gasteiger partial charge is 0.546 e. The highest BCUT2D eigenvalue weighted by atomic mass is 16.5. The smallest absolute Gasteiger partial charge is 0.366 e. The number of hydrogen-bond donors (Lipinski definition) is 1. The Morgan fingerprint density at radius 3 is 2.91 bits per heavy atom. The molecule has 1 aromatic rings. The van der Waals surface area contributed by atoms with Gasteiger partial charge < -0.3 is 4.74 Å². The summed E-state index contributed by atoms with van der Waals surface area (Å²) < 4.78 is 9.56. The quantitative estimate of drug-likeness (QED) is 0.658. The number of ether oxygens (including phenoxy) is 1. The molecule has 0 aliphatic carbocycles. The standard InChI is InChI=1S/C6H10N2O3/c1-4(2)10-3-5-7-6(9)11-8-5/h4H,3H2,1-2H3,(H,7,8,9)/p+1. The third-order valence-electron chi connectivity index (χ3n) is 1.08. The number of nitrogens with one attached hydrogen (secondary N) is 2. The molecule has 5 nitrogen and oxygen atoms in total. The molecule has 5 heteroatoms. The Kier molecular flexibility index (Phi) is 2.43. The van der Waals surface area contributed by atoms with Crippen molar-refractivity contribution in [2.24, 2.45) is 0 Å². The summed E-state index contributed by atoms with van der Waals surface area (Å²) in [4.78, 5) is 12.9. The first-order valence-corrected chi connectivity index (χ1v) is 3.40. The molecular formula is C6H11N2O3+. The highest BCUT2D eigenvalue weighted by Crippen LogP contribution is 1.91. The zero-order chi connectivity index (χ0) is 8.27. The summed E-state index contributed by atoms with van der Waals surface area (Å²) in [5.74, 6) is 0.0519. The van der Waals surface area contributed by atoms with Crippen molar-refractivity contribution < 1.29 is 14.4 Å². The molecule has 62 valence electrons. The molecule has 0 bridgehead atoms. The van der Waals surface area contributed by atoms with Gasteiger partial charge in [-0.2, -0.15) is 9.78 Å². The van der Waals surface area contributed by atoms with Crippen LogP contribution in [-0.2, 0) is 11.3 Å². The first-order valence-electron chi connectivity index (χ1n) is 3.40. The lowest BCUT2D eigenvalue weighted by atomic mass is 10.5. The average molecular weight is 159 g/mol. The van der Waals surface area contributed by atoms with Gasteiger partial charge in [0.25, 0.3) is 0 Å². The summed E-state index contributed by atoms with van der Waals surface area (Å²) >= 11 is 0. The third-order valence-corrected chi connectivity index (χ3v) is 1.08. The molecule has 0 radical (unpaired) electrons. The highest BCUT2D eigenvalue weighted by Gasteiger charge is 2.07. The molecule has 1 aromatic heterocycles. The van der Waals surface area contributed by atoms with Crippen LogP contribution in [-0.4, -0.2) is 11.1 Å². The fourth-order valence-electron chi connectivity index (χ4n) is 0.598. The molecule has 0 saturated carbocycles. The Labute approximate surface area is 63.4 Å². The summed E-state index contributed by atoms with van der Waals surface area (Å²) in [6, 6.07) is 0. The second-order valence-corrected chi connectivity index (χ2v) is 2.45. The van der Waals surface area contributed by atoms with E-state index in [4.69, 9.17) is 4.74 Å². The Hall–Kier alpha value is -1.10. The monoisotopic (exact) mass is 159 g/mol. The summed E-state index contributed by atoms with van der Waals surface area (Å²) in [6.45, 7) is 4.17. The van der Waals surface area contributed by atoms with Gasteiger partial charge >= 0.3 is 11.6 Å². The number of aromatic nitrogens is 2. The van der Waals surface area contributed by atoms with Crippen LogP contribution in [0.1, 0.15) is 19.7 Å². The lowest BCUT2D eigenvalue weighted by molar-refractivity contribution is -0.621. The number of rotatable bonds is 3. The van der Waals surface area contributed by atoms with E-state index in [0.717, 1.165) is 0 Å². The van der Waals surface area contributed by atoms with Gasteiger partial charge in [-0.25, -0.2) is 4.52 Å². The Morgan fingerprint density at radius 1 is 1.73 bits per heavy atom. The van der Waals surface area contributed by atoms with Crippen molar-refractivity contribution in [3.8, 4) is 0 Å². The summed E-state index contributed by atoms with van der Waals surface area (Å²) in [5, 5.41) is 2.39. The van der Waals surface area contributed by atoms with Crippen LogP contribution in [0.2, 0.25) is 0 Å². The number of H-pyrrole nitrogens is 2. The van der Waals surface area contributed by atoms with Gasteiger partial charge in [0.15, 0.2) is 6.61 Å². The average Bonchev–Trinajstić information content (AvgIpc) is 2.31. The molecule has 0 spiro atoms. The van der Waals surface area contributed by atoms with Crippen molar-refractivity contribution in [3.05, 3.63) is 16.4 Å². The molecule has 1 rings (SSSR count). The first-order chi connectivity index (χ1) is 5.18. The molecule has 0 aromatic carbocycles. The van der Waals surface area contributed by atoms with Crippen LogP contribution in [0.4, 0.5) is 0 Å². The van der Waals surface area contributed by atoms with Crippen molar-refractivity contribution >= 4 is 0 Å². The zero-order valence-electron chi connectivity index (χ0n) is 6.51. The van der Waals surface area contributed by atoms with Gasteiger partial charge in [-0.15, -0.1) is 0 Å². The highest BCUT2D eigenvalue weighted by molar-refractivity contribution is 4.64. The predicted octanol–water partition coefficient (Wildman–Crippen LogP) is -0.293. The normalized spacial score (nSPS) is 10.8. The minimum Gasteiger partial charge on any atom is -0.366 e. The van der Waals surface area contributed by atoms with E-state index in [2.05, 4.69) is 14.7 Å². The van der Waals surface area contributed by atoms with E-state index in [9.17, 15) is 4.79 Å². The Balaban J connectivity index is 2.45. The van der Waals surface area contributed by atoms with Gasteiger partial charge in [0, 0.05) is 0 Å². The predicted molar refractivity (Wildman–Crippen MR) is 35.8 cm³/mol. The van der Waals surface area contributed by atoms with Crippen molar-refractivity contribution in [3.63, 3.8) is 0 Å². The molecule has 0 atom stereocenters. The maximum Gasteiger partial charge on any atom is 0.546 e. The first kappa shape index (κ1) is 8.00. The summed E-state index contributed by atoms with van der Waals surface area (Å²) in [6.07, 6.45) is 0.141. The molecule has 0 aliphatic heterocycles. The van der Waals surface area contributed by atoms with Crippen LogP contribution >= 0.6 is 0 Å². The fraction of sp³-hybridized carbons (Fsp3) is 0.667. The van der Waals surface area contributed by atoms with E-state index in [1.807, 2.05) is 13.8 Å². The van der Waals surface area contributed by atoms with Gasteiger partial charge in [-0.05, 0) is 13.8 Å². The molecule has 0 aliphatic rings. The lowest BCUT2D eigenvalue weighted by Crippen LogP contribution is -2.11. The van der Waals surface area contributed by atoms with Crippen molar-refractivity contribution in [1.29, 1.82) is 0 Å². The van der Waals surface area contributed by atoms with Crippen LogP contribution in [0.25, 0.3) is 0 Å². The van der Waals surface area contributed by atoms with E-state index < -0.39 is 5.76 Å². The van der Waals surface area contributed by atoms with Crippen LogP contribution < -0.4 is 10.9 Å². The van der Waals surface area contributed by atoms with E-state index in [-0.39, 0.29) is 6.10 Å². The third kappa shape index (κ3) is 2.55. The molecule has 0 unspecified atom stereocenters. The van der Waals surface area contributed by atoms with Crippen molar-refractivity contribution in [1.82, 2.24) is 4.98 Å². The second kappa shape index (κ2) is 3.34. The van der Waals surface area contributed by atoms with E-state index in [0.29, 0.717) is 12.4 Å². The van der Waals surface area contributed by atoms with E-state index >= 15 is 0 Å². The minimum atomic E-state index is -0.493. The zero-order valence-corrected chi connectivity index (χ0v) is 6.51. The molecule has 0 fully saturated rings. The SMILES string of the molecule is CC(C)OCc1[nH]c(=O)o[nH+]1. The fourth-order valence-corrected chi connectivity index (χ4v) is 0.598. The van der Waals surface area contributed by atoms with Gasteiger partial charge in [-0.3, -0.25) is 0 Å². The van der Waals surface area contributed by atoms with E-state index in [1.165, 1.54) is 0 Å². The van der Waals surface area contributed by atoms with Crippen LogP contribution in [0.3, 0.4) is 0 Å². The van der Waals surface area contributed by atoms with Crippen molar-refractivity contribution in [2.75, 3.05) is 0 Å². The molecule has 0 amide bonds. The summed E-state index contributed by atoms with van der Waals surface area (Å²) in [7, 11) is 0. The molecule has 0 saturated heterocycles. The molecule has 2 N–H and O–H groups in total. The van der Waals surface area contributed by atoms with Gasteiger partial charge in [0.2, 0.25) is 0 Å². The minimum absolute atomic E-state index is 0.141. The number of aromatic amines is 2. The molecule has 1 heterocycles. The Bertz CT molecular complexity index is 263. The van der Waals surface area contributed by atoms with Crippen LogP contribution in [0, 0.1) is 0 Å². The maximum absolute atomic E-state index is 10.4. The lowest BCUT2D eigenvalue weighted by Gasteiger charge is -2.00. The number of hydrogen-bond acceptors (Lipinski definition) is 3. The van der Waals surface area contributed by atoms with Gasteiger partial charge in [0.1, 0.15) is 0 Å². The van der Waals surface area contributed by atoms with Crippen LogP contribution in [0.15, 0.2) is 9.32 Å². The topological polar surface area (TPSA) is 69.4 Å². The molecule has 11 heavy (non-hydrogen) atoms. The van der Waals surface area contributed by atoms with Crippen molar-refractivity contribution in [2.45, 2.75) is 26.6 Å². The maximum atomic E-state index is 10.4. The van der Waals surface area contributed by atoms with E-state index in [1.54, 1.807) is 0 Å². The summed E-state index contributed by atoms with van der Waals surface area (Å²) in [5.41, 5.74) is 0. The van der Waals surface area contributed by atoms with Gasteiger partial charge in [-0.1, -0.05) is 5.16 Å². The van der Waals surface area contributed by atoms with Crippen LogP contribution in [0.5, 0.6) is 0 Å². The second-order valence-electron chi connectivity index (χ2n) is 2.45. The van der Waals surface area contributed by atoms with Gasteiger partial charge in [0.05, 0.1) is 6.10 Å². The Morgan fingerprint density at radius 2 is 2.45 bits per heavy atom.